The molecule has 2 rings (SSSR count). The highest BCUT2D eigenvalue weighted by Gasteiger charge is 2.51. The minimum Gasteiger partial charge on any atom is -0.305 e. The monoisotopic (exact) mass is 322 g/mol. The summed E-state index contributed by atoms with van der Waals surface area (Å²) >= 11 is 0. The van der Waals surface area contributed by atoms with Crippen molar-refractivity contribution in [1.29, 1.82) is 0 Å². The van der Waals surface area contributed by atoms with Crippen LogP contribution in [0.1, 0.15) is 90.9 Å². The lowest BCUT2D eigenvalue weighted by atomic mass is 9.72. The number of nitrogens with zero attached hydrogens (tertiary/aromatic N) is 2. The van der Waals surface area contributed by atoms with Gasteiger partial charge in [-0.1, -0.05) is 78.1 Å². The molecule has 2 fully saturated rings. The normalized spacial score (nSPS) is 20.9. The van der Waals surface area contributed by atoms with Crippen molar-refractivity contribution in [2.45, 2.75) is 96.9 Å². The van der Waals surface area contributed by atoms with Gasteiger partial charge in [0.25, 0.3) is 0 Å². The summed E-state index contributed by atoms with van der Waals surface area (Å²) in [6, 6.07) is 0.898. The third-order valence-electron chi connectivity index (χ3n) is 6.09. The molecule has 0 bridgehead atoms. The smallest absolute Gasteiger partial charge is 0.0212 e. The maximum Gasteiger partial charge on any atom is 0.0212 e. The standard InChI is InChI=1S/C21H42N2/c1-4-6-8-10-12-14-20(15-13-11-9-7-5-2)23-18-21(19-23)16-22(3)17-21/h20H,4-19H2,1-3H3. The molecule has 0 radical (unpaired) electrons. The van der Waals surface area contributed by atoms with Gasteiger partial charge in [-0.2, -0.15) is 0 Å². The van der Waals surface area contributed by atoms with Crippen molar-refractivity contribution in [3.8, 4) is 0 Å². The molecule has 0 N–H and O–H groups in total. The Morgan fingerprint density at radius 2 is 1.17 bits per heavy atom. The Hall–Kier alpha value is -0.0800. The van der Waals surface area contributed by atoms with E-state index in [2.05, 4.69) is 30.7 Å². The van der Waals surface area contributed by atoms with Crippen molar-refractivity contribution >= 4 is 0 Å². The van der Waals surface area contributed by atoms with E-state index in [1.54, 1.807) is 0 Å². The lowest BCUT2D eigenvalue weighted by Crippen LogP contribution is -2.72. The SMILES string of the molecule is CCCCCCCC(CCCCCCC)N1CC2(CN(C)C2)C1. The van der Waals surface area contributed by atoms with Crippen molar-refractivity contribution in [2.24, 2.45) is 5.41 Å². The van der Waals surface area contributed by atoms with Crippen molar-refractivity contribution in [2.75, 3.05) is 33.2 Å². The third-order valence-corrected chi connectivity index (χ3v) is 6.09. The molecule has 2 saturated heterocycles. The Bertz CT molecular complexity index is 287. The fraction of sp³-hybridized carbons (Fsp3) is 1.00. The summed E-state index contributed by atoms with van der Waals surface area (Å²) in [6.45, 7) is 10.1. The molecule has 0 unspecified atom stereocenters. The molecular weight excluding hydrogens is 280 g/mol. The van der Waals surface area contributed by atoms with Crippen LogP contribution in [-0.2, 0) is 0 Å². The van der Waals surface area contributed by atoms with E-state index in [0.29, 0.717) is 5.41 Å². The molecule has 136 valence electrons. The first-order valence-corrected chi connectivity index (χ1v) is 10.6. The largest absolute Gasteiger partial charge is 0.305 e. The molecule has 0 aromatic heterocycles. The average Bonchev–Trinajstić information content (AvgIpc) is 2.47. The molecule has 0 aromatic rings. The van der Waals surface area contributed by atoms with Gasteiger partial charge in [-0.05, 0) is 19.9 Å². The molecular formula is C21H42N2. The zero-order valence-electron chi connectivity index (χ0n) is 16.3. The summed E-state index contributed by atoms with van der Waals surface area (Å²) in [7, 11) is 2.27. The second kappa shape index (κ2) is 10.0. The third kappa shape index (κ3) is 6.05. The summed E-state index contributed by atoms with van der Waals surface area (Å²) < 4.78 is 0. The number of likely N-dealkylation sites (tertiary alicyclic amines) is 2. The van der Waals surface area contributed by atoms with E-state index in [4.69, 9.17) is 0 Å². The van der Waals surface area contributed by atoms with E-state index in [-0.39, 0.29) is 0 Å². The van der Waals surface area contributed by atoms with Gasteiger partial charge in [0.2, 0.25) is 0 Å². The van der Waals surface area contributed by atoms with Gasteiger partial charge in [-0.25, -0.2) is 0 Å². The summed E-state index contributed by atoms with van der Waals surface area (Å²) in [5.41, 5.74) is 0.706. The van der Waals surface area contributed by atoms with Crippen LogP contribution in [0.2, 0.25) is 0 Å². The second-order valence-corrected chi connectivity index (χ2v) is 8.64. The summed E-state index contributed by atoms with van der Waals surface area (Å²) in [5.74, 6) is 0. The van der Waals surface area contributed by atoms with Crippen molar-refractivity contribution in [3.05, 3.63) is 0 Å². The molecule has 2 aliphatic rings. The maximum atomic E-state index is 2.84. The predicted octanol–water partition coefficient (Wildman–Crippen LogP) is 5.32. The van der Waals surface area contributed by atoms with E-state index in [1.807, 2.05) is 0 Å². The number of hydrogen-bond donors (Lipinski definition) is 0. The van der Waals surface area contributed by atoms with E-state index in [9.17, 15) is 0 Å². The minimum atomic E-state index is 0.706. The van der Waals surface area contributed by atoms with Gasteiger partial charge in [-0.3, -0.25) is 4.90 Å². The first kappa shape index (κ1) is 19.2. The van der Waals surface area contributed by atoms with Gasteiger partial charge in [0.1, 0.15) is 0 Å². The molecule has 23 heavy (non-hydrogen) atoms. The number of unbranched alkanes of at least 4 members (excludes halogenated alkanes) is 8. The zero-order chi connectivity index (χ0) is 16.5. The Morgan fingerprint density at radius 3 is 1.61 bits per heavy atom. The van der Waals surface area contributed by atoms with Crippen LogP contribution in [0.15, 0.2) is 0 Å². The minimum absolute atomic E-state index is 0.706. The Morgan fingerprint density at radius 1 is 0.696 bits per heavy atom. The summed E-state index contributed by atoms with van der Waals surface area (Å²) in [4.78, 5) is 5.33. The highest BCUT2D eigenvalue weighted by atomic mass is 15.3. The van der Waals surface area contributed by atoms with Crippen LogP contribution in [0.3, 0.4) is 0 Å². The Balaban J connectivity index is 1.64. The molecule has 0 saturated carbocycles. The van der Waals surface area contributed by atoms with Crippen LogP contribution < -0.4 is 0 Å². The summed E-state index contributed by atoms with van der Waals surface area (Å²) in [5, 5.41) is 0. The number of rotatable bonds is 13. The van der Waals surface area contributed by atoms with Crippen LogP contribution in [0.4, 0.5) is 0 Å². The van der Waals surface area contributed by atoms with Gasteiger partial charge in [0.15, 0.2) is 0 Å². The highest BCUT2D eigenvalue weighted by Crippen LogP contribution is 2.41. The Labute approximate surface area is 146 Å². The first-order valence-electron chi connectivity index (χ1n) is 10.6. The fourth-order valence-electron chi connectivity index (χ4n) is 4.85. The predicted molar refractivity (Wildman–Crippen MR) is 102 cm³/mol. The van der Waals surface area contributed by atoms with E-state index in [1.165, 1.54) is 103 Å². The molecule has 0 amide bonds. The maximum absolute atomic E-state index is 2.84. The summed E-state index contributed by atoms with van der Waals surface area (Å²) in [6.07, 6.45) is 17.3. The van der Waals surface area contributed by atoms with Crippen LogP contribution in [0.25, 0.3) is 0 Å². The van der Waals surface area contributed by atoms with Crippen molar-refractivity contribution in [1.82, 2.24) is 9.80 Å². The zero-order valence-corrected chi connectivity index (χ0v) is 16.3. The molecule has 0 aliphatic carbocycles. The van der Waals surface area contributed by atoms with Gasteiger partial charge < -0.3 is 4.90 Å². The molecule has 2 aliphatic heterocycles. The average molecular weight is 323 g/mol. The molecule has 2 nitrogen and oxygen atoms in total. The highest BCUT2D eigenvalue weighted by molar-refractivity contribution is 5.06. The molecule has 2 heteroatoms. The van der Waals surface area contributed by atoms with Gasteiger partial charge in [0.05, 0.1) is 0 Å². The van der Waals surface area contributed by atoms with Gasteiger partial charge in [-0.15, -0.1) is 0 Å². The molecule has 1 spiro atoms. The first-order chi connectivity index (χ1) is 11.2. The van der Waals surface area contributed by atoms with Crippen LogP contribution >= 0.6 is 0 Å². The topological polar surface area (TPSA) is 6.48 Å². The van der Waals surface area contributed by atoms with Crippen molar-refractivity contribution in [3.63, 3.8) is 0 Å². The fourth-order valence-corrected chi connectivity index (χ4v) is 4.85. The van der Waals surface area contributed by atoms with Crippen LogP contribution in [-0.4, -0.2) is 49.1 Å². The van der Waals surface area contributed by atoms with E-state index < -0.39 is 0 Å². The lowest BCUT2D eigenvalue weighted by Gasteiger charge is -2.61. The quantitative estimate of drug-likeness (QED) is 0.423. The van der Waals surface area contributed by atoms with Gasteiger partial charge in [0, 0.05) is 37.6 Å². The van der Waals surface area contributed by atoms with Gasteiger partial charge >= 0.3 is 0 Å². The molecule has 0 atom stereocenters. The second-order valence-electron chi connectivity index (χ2n) is 8.64. The number of hydrogen-bond acceptors (Lipinski definition) is 2. The van der Waals surface area contributed by atoms with E-state index in [0.717, 1.165) is 6.04 Å². The van der Waals surface area contributed by atoms with E-state index >= 15 is 0 Å². The van der Waals surface area contributed by atoms with Crippen LogP contribution in [0.5, 0.6) is 0 Å². The Kier molecular flexibility index (Phi) is 8.40. The lowest BCUT2D eigenvalue weighted by molar-refractivity contribution is -0.123. The van der Waals surface area contributed by atoms with Crippen molar-refractivity contribution < 1.29 is 0 Å². The molecule has 0 aromatic carbocycles. The van der Waals surface area contributed by atoms with Crippen LogP contribution in [0, 0.1) is 5.41 Å². The molecule has 2 heterocycles.